The number of aromatic nitrogens is 14. The van der Waals surface area contributed by atoms with Crippen molar-refractivity contribution < 1.29 is 58.7 Å². The molecule has 0 aliphatic rings. The molecule has 0 bridgehead atoms. The number of imidazole rings is 3. The van der Waals surface area contributed by atoms with Crippen molar-refractivity contribution in [3.05, 3.63) is 470 Å². The van der Waals surface area contributed by atoms with E-state index in [0.717, 1.165) is 137 Å². The maximum Gasteiger partial charge on any atom is 2.00 e. The summed E-state index contributed by atoms with van der Waals surface area (Å²) in [4.78, 5) is 43.6. The molecule has 11 aromatic heterocycles. The fourth-order valence-electron chi connectivity index (χ4n) is 17.8. The van der Waals surface area contributed by atoms with E-state index in [1.165, 1.54) is 66.1 Å². The predicted octanol–water partition coefficient (Wildman–Crippen LogP) is 28.2. The molecule has 1 atom stereocenters. The number of hydrogen-bond acceptors (Lipinski definition) is 9. The van der Waals surface area contributed by atoms with E-state index in [0.29, 0.717) is 28.8 Å². The van der Waals surface area contributed by atoms with E-state index in [2.05, 4.69) is 323 Å². The fraction of sp³-hybridized carbons (Fsp3) is 0.0593. The van der Waals surface area contributed by atoms with Crippen molar-refractivity contribution in [1.29, 1.82) is 0 Å². The van der Waals surface area contributed by atoms with E-state index in [-0.39, 0.29) is 52.3 Å². The minimum atomic E-state index is -0.759. The maximum absolute atomic E-state index is 14.2. The molecule has 140 heavy (non-hydrogen) atoms. The number of hydrogen-bond donors (Lipinski definition) is 0. The van der Waals surface area contributed by atoms with Gasteiger partial charge in [0.15, 0.2) is 16.9 Å². The fourth-order valence-corrected chi connectivity index (χ4v) is 17.8. The Morgan fingerprint density at radius 1 is 0.321 bits per heavy atom. The SMILES string of the molecule is CC(C)(c1cccc(-c2[c-]cc(F)cc2F)n1)c1cccc(-c2[c-]cc(F)cc2F)n1.Cc1ccccc1-n1c(-c2cc(-c3nc4cccnc4n3-c3ccccc3C)cc(-c3nc4cccnc4n3-c3ccccc3C)c2)nc2cccnc21.[B]CP.[Ir].[Pt+2].[c-]1ccccc1-c1ccccn1.c1ccc2c(c1)c1ccccc1n2-c1ccc(-c2ccc(-n3c4ccccc4c4ccccc43)cc2)cc1. The molecule has 1 unspecified atom stereocenters. The van der Waals surface area contributed by atoms with E-state index in [1.807, 2.05) is 111 Å². The second-order valence-corrected chi connectivity index (χ2v) is 34.1. The van der Waals surface area contributed by atoms with Crippen molar-refractivity contribution >= 4 is 94.2 Å². The molecule has 3 radical (unpaired) electrons. The monoisotopic (exact) mass is 2200 g/mol. The van der Waals surface area contributed by atoms with Crippen LogP contribution in [-0.2, 0) is 46.6 Å². The normalized spacial score (nSPS) is 11.2. The average molecular weight is 2200 g/mol. The Morgan fingerprint density at radius 3 is 0.986 bits per heavy atom. The maximum atomic E-state index is 14.2. The molecule has 0 saturated carbocycles. The zero-order valence-electron chi connectivity index (χ0n) is 76.4. The summed E-state index contributed by atoms with van der Waals surface area (Å²) in [7, 11) is 7.17. The Bertz CT molecular complexity index is 7890. The minimum absolute atomic E-state index is 0. The topological polar surface area (TPSA) is 141 Å². The van der Waals surface area contributed by atoms with Crippen LogP contribution in [0.4, 0.5) is 17.6 Å². The number of rotatable bonds is 14. The Kier molecular flexibility index (Phi) is 28.2. The van der Waals surface area contributed by atoms with E-state index < -0.39 is 28.7 Å². The van der Waals surface area contributed by atoms with Gasteiger partial charge in [-0.1, -0.05) is 217 Å². The van der Waals surface area contributed by atoms with Gasteiger partial charge in [-0.3, -0.25) is 31.3 Å². The van der Waals surface area contributed by atoms with Crippen LogP contribution in [0.25, 0.3) is 185 Å². The molecule has 14 nitrogen and oxygen atoms in total. The molecule has 683 valence electrons. The summed E-state index contributed by atoms with van der Waals surface area (Å²) < 4.78 is 66.1. The van der Waals surface area contributed by atoms with Gasteiger partial charge in [0.05, 0.1) is 47.0 Å². The quantitative estimate of drug-likeness (QED) is 0.0450. The molecule has 22 heteroatoms. The average Bonchev–Trinajstić information content (AvgIpc) is 1.59. The number of benzene rings is 13. The molecule has 0 amide bonds. The first-order chi connectivity index (χ1) is 67.5. The van der Waals surface area contributed by atoms with E-state index >= 15 is 0 Å². The smallest absolute Gasteiger partial charge is 0.309 e. The van der Waals surface area contributed by atoms with E-state index in [4.69, 9.17) is 37.8 Å². The van der Waals surface area contributed by atoms with Crippen molar-refractivity contribution in [2.45, 2.75) is 40.0 Å². The molecule has 24 rings (SSSR count). The van der Waals surface area contributed by atoms with Gasteiger partial charge in [0.25, 0.3) is 0 Å². The summed E-state index contributed by atoms with van der Waals surface area (Å²) >= 11 is 0. The van der Waals surface area contributed by atoms with Gasteiger partial charge < -0.3 is 24.1 Å². The number of para-hydroxylation sites is 7. The Balaban J connectivity index is 0.000000132. The van der Waals surface area contributed by atoms with Crippen LogP contribution in [-0.4, -0.2) is 81.6 Å². The van der Waals surface area contributed by atoms with Crippen LogP contribution in [0.15, 0.2) is 401 Å². The van der Waals surface area contributed by atoms with Gasteiger partial charge in [0.1, 0.15) is 34.0 Å². The molecule has 0 fully saturated rings. The van der Waals surface area contributed by atoms with Crippen LogP contribution in [0.2, 0.25) is 0 Å². The van der Waals surface area contributed by atoms with Crippen LogP contribution in [0.3, 0.4) is 0 Å². The Hall–Kier alpha value is -15.7. The third-order valence-corrected chi connectivity index (χ3v) is 24.4. The van der Waals surface area contributed by atoms with Crippen molar-refractivity contribution in [3.8, 4) is 107 Å². The molecule has 0 spiro atoms. The van der Waals surface area contributed by atoms with E-state index in [9.17, 15) is 17.6 Å². The number of nitrogens with zero attached hydrogens (tertiary/aromatic N) is 14. The summed E-state index contributed by atoms with van der Waals surface area (Å²) in [5.74, 6) is -0.680. The molecule has 11 heterocycles. The predicted molar refractivity (Wildman–Crippen MR) is 553 cm³/mol. The van der Waals surface area contributed by atoms with Gasteiger partial charge in [-0.2, -0.15) is 0 Å². The molecule has 13 aromatic carbocycles. The molecule has 24 aromatic rings. The summed E-state index contributed by atoms with van der Waals surface area (Å²) in [6, 6.07) is 132. The van der Waals surface area contributed by atoms with Crippen LogP contribution < -0.4 is 0 Å². The minimum Gasteiger partial charge on any atom is -0.309 e. The van der Waals surface area contributed by atoms with Crippen molar-refractivity contribution in [3.63, 3.8) is 0 Å². The standard InChI is InChI=1S/C45H33N9.C36H24N2.C25H16F4N2.C11H8N.CH4BP.Ir.Pt/c1-28-13-4-7-19-37(28)52-40(49-34-16-10-22-46-43(34)52)31-25-32(41-50-35-17-11-23-47-44(35)53(41)38-20-8-5-14-29(38)2)27-33(26-31)42-51-36-18-12-24-48-45(36)54(42)39-21-9-6-15-30(39)3;1-5-13-33-29(9-1)30-10-2-6-14-34(30)37(33)27-21-17-25(18-22-27)26-19-23-28(24-20-26)38-35-15-7-3-11-31(35)32-12-4-8-16-36(32)38;1-25(2,23-7-3-5-21(30-23)17-11-9-15(26)13-19(17)28)24-8-4-6-22(31-24)18-12-10-16(27)14-20(18)29;1-2-6-10(7-3-1)11-8-4-5-9-12-11;2-1-3;;/h4-27H,1-3H3;1-24H;3-10,13-14H,1-2H3;1-6,8-9H;1,3H2;;/q;;-2;-1;;;+2. The first-order valence-electron chi connectivity index (χ1n) is 45.0. The van der Waals surface area contributed by atoms with Crippen LogP contribution in [0.1, 0.15) is 41.9 Å². The first kappa shape index (κ1) is 94.7. The third kappa shape index (κ3) is 18.9. The first-order valence-corrected chi connectivity index (χ1v) is 45.9. The van der Waals surface area contributed by atoms with Crippen LogP contribution >= 0.6 is 9.24 Å². The van der Waals surface area contributed by atoms with Gasteiger partial charge in [-0.15, -0.1) is 69.4 Å². The molecular weight excluding hydrogens is 2120 g/mol. The van der Waals surface area contributed by atoms with Crippen LogP contribution in [0.5, 0.6) is 0 Å². The number of fused-ring (bicyclic) bond motifs is 9. The molecular formula is C118H85BF4IrN14PPt-. The Labute approximate surface area is 838 Å². The summed E-state index contributed by atoms with van der Waals surface area (Å²) in [6.45, 7) is 10.1. The van der Waals surface area contributed by atoms with Crippen LogP contribution in [0, 0.1) is 62.2 Å². The zero-order valence-corrected chi connectivity index (χ0v) is 82.2. The zero-order chi connectivity index (χ0) is 94.5. The second-order valence-electron chi connectivity index (χ2n) is 33.6. The molecule has 0 N–H and O–H groups in total. The van der Waals surface area contributed by atoms with Gasteiger partial charge in [0, 0.05) is 135 Å². The third-order valence-electron chi connectivity index (χ3n) is 24.4. The Morgan fingerprint density at radius 2 is 0.650 bits per heavy atom. The van der Waals surface area contributed by atoms with E-state index in [1.54, 1.807) is 42.6 Å². The second kappa shape index (κ2) is 41.7. The summed E-state index contributed by atoms with van der Waals surface area (Å²) in [5, 5.41) is 5.14. The molecule has 0 aliphatic carbocycles. The largest absolute Gasteiger partial charge is 2.00 e. The molecule has 0 saturated heterocycles. The van der Waals surface area contributed by atoms with Crippen molar-refractivity contribution in [2.24, 2.45) is 0 Å². The van der Waals surface area contributed by atoms with Gasteiger partial charge in [-0.25, -0.2) is 29.9 Å². The molecule has 0 aliphatic heterocycles. The number of halogens is 4. The summed E-state index contributed by atoms with van der Waals surface area (Å²) in [5.41, 5.74) is 26.6. The van der Waals surface area contributed by atoms with Gasteiger partial charge >= 0.3 is 21.1 Å². The number of pyridine rings is 6. The van der Waals surface area contributed by atoms with Crippen molar-refractivity contribution in [1.82, 2.24) is 67.7 Å². The van der Waals surface area contributed by atoms with Crippen molar-refractivity contribution in [2.75, 3.05) is 6.06 Å². The van der Waals surface area contributed by atoms with Gasteiger partial charge in [0.2, 0.25) is 0 Å². The number of aryl methyl sites for hydroxylation is 3. The summed E-state index contributed by atoms with van der Waals surface area (Å²) in [6.07, 6.45) is 7.24. The van der Waals surface area contributed by atoms with Gasteiger partial charge in [-0.05, 0) is 219 Å².